The molecular weight excluding hydrogens is 236 g/mol. The summed E-state index contributed by atoms with van der Waals surface area (Å²) in [5.41, 5.74) is 0. The molecule has 1 saturated carbocycles. The second kappa shape index (κ2) is 7.22. The molecule has 100 valence electrons. The van der Waals surface area contributed by atoms with Gasteiger partial charge in [-0.1, -0.05) is 12.8 Å². The van der Waals surface area contributed by atoms with E-state index < -0.39 is 0 Å². The lowest BCUT2D eigenvalue weighted by Gasteiger charge is -2.21. The Labute approximate surface area is 111 Å². The number of rotatable bonds is 4. The molecule has 2 rings (SSSR count). The van der Waals surface area contributed by atoms with Crippen LogP contribution in [0.4, 0.5) is 0 Å². The first-order chi connectivity index (χ1) is 7.75. The third-order valence-electron chi connectivity index (χ3n) is 4.13. The fourth-order valence-electron chi connectivity index (χ4n) is 3.04. The number of hydrogen-bond acceptors (Lipinski definition) is 2. The van der Waals surface area contributed by atoms with Crippen LogP contribution in [0.3, 0.4) is 0 Å². The average molecular weight is 261 g/mol. The standard InChI is InChI=1S/C13H24N2O.ClH/c1-10(12-4-2-3-5-12)15-13(16)8-11-6-7-14-9-11;/h10-12,14H,2-9H2,1H3,(H,15,16);1H. The molecule has 3 nitrogen and oxygen atoms in total. The molecule has 2 atom stereocenters. The molecule has 1 heterocycles. The van der Waals surface area contributed by atoms with E-state index in [1.807, 2.05) is 0 Å². The average Bonchev–Trinajstić information content (AvgIpc) is 2.88. The molecule has 2 N–H and O–H groups in total. The summed E-state index contributed by atoms with van der Waals surface area (Å²) < 4.78 is 0. The highest BCUT2D eigenvalue weighted by atomic mass is 35.5. The molecule has 2 fully saturated rings. The van der Waals surface area contributed by atoms with Crippen LogP contribution in [-0.4, -0.2) is 25.0 Å². The van der Waals surface area contributed by atoms with Crippen molar-refractivity contribution in [2.75, 3.05) is 13.1 Å². The van der Waals surface area contributed by atoms with E-state index in [9.17, 15) is 4.79 Å². The summed E-state index contributed by atoms with van der Waals surface area (Å²) in [6.07, 6.45) is 7.16. The highest BCUT2D eigenvalue weighted by Crippen LogP contribution is 2.27. The van der Waals surface area contributed by atoms with Crippen molar-refractivity contribution >= 4 is 18.3 Å². The fraction of sp³-hybridized carbons (Fsp3) is 0.923. The maximum absolute atomic E-state index is 11.8. The zero-order valence-electron chi connectivity index (χ0n) is 10.7. The van der Waals surface area contributed by atoms with Gasteiger partial charge >= 0.3 is 0 Å². The lowest BCUT2D eigenvalue weighted by Crippen LogP contribution is -2.38. The Morgan fingerprint density at radius 3 is 2.65 bits per heavy atom. The maximum Gasteiger partial charge on any atom is 0.220 e. The van der Waals surface area contributed by atoms with Crippen molar-refractivity contribution < 1.29 is 4.79 Å². The first-order valence-corrected chi connectivity index (χ1v) is 6.76. The smallest absolute Gasteiger partial charge is 0.220 e. The van der Waals surface area contributed by atoms with Crippen molar-refractivity contribution in [3.63, 3.8) is 0 Å². The van der Waals surface area contributed by atoms with E-state index in [-0.39, 0.29) is 18.3 Å². The number of hydrogen-bond donors (Lipinski definition) is 2. The van der Waals surface area contributed by atoms with Gasteiger partial charge in [-0.2, -0.15) is 0 Å². The molecular formula is C13H25ClN2O. The number of halogens is 1. The van der Waals surface area contributed by atoms with Crippen molar-refractivity contribution in [2.45, 2.75) is 51.5 Å². The second-order valence-corrected chi connectivity index (χ2v) is 5.46. The summed E-state index contributed by atoms with van der Waals surface area (Å²) in [5.74, 6) is 1.55. The van der Waals surface area contributed by atoms with E-state index in [0.717, 1.165) is 25.4 Å². The minimum absolute atomic E-state index is 0. The predicted octanol–water partition coefficient (Wildman–Crippen LogP) is 2.10. The van der Waals surface area contributed by atoms with Gasteiger partial charge in [0, 0.05) is 12.5 Å². The molecule has 4 heteroatoms. The molecule has 17 heavy (non-hydrogen) atoms. The molecule has 2 aliphatic rings. The van der Waals surface area contributed by atoms with Crippen LogP contribution < -0.4 is 10.6 Å². The van der Waals surface area contributed by atoms with Crippen molar-refractivity contribution in [3.05, 3.63) is 0 Å². The van der Waals surface area contributed by atoms with Crippen LogP contribution in [0.5, 0.6) is 0 Å². The van der Waals surface area contributed by atoms with Gasteiger partial charge in [0.05, 0.1) is 0 Å². The summed E-state index contributed by atoms with van der Waals surface area (Å²) in [7, 11) is 0. The van der Waals surface area contributed by atoms with E-state index in [0.29, 0.717) is 18.4 Å². The number of carbonyl (C=O) groups excluding carboxylic acids is 1. The summed E-state index contributed by atoms with van der Waals surface area (Å²) >= 11 is 0. The minimum atomic E-state index is 0. The van der Waals surface area contributed by atoms with Gasteiger partial charge in [0.15, 0.2) is 0 Å². The van der Waals surface area contributed by atoms with E-state index >= 15 is 0 Å². The van der Waals surface area contributed by atoms with E-state index in [4.69, 9.17) is 0 Å². The Bertz CT molecular complexity index is 236. The molecule has 1 saturated heterocycles. The minimum Gasteiger partial charge on any atom is -0.353 e. The van der Waals surface area contributed by atoms with Crippen molar-refractivity contribution in [3.8, 4) is 0 Å². The van der Waals surface area contributed by atoms with E-state index in [1.54, 1.807) is 0 Å². The Morgan fingerprint density at radius 2 is 2.06 bits per heavy atom. The van der Waals surface area contributed by atoms with Crippen LogP contribution in [0.15, 0.2) is 0 Å². The molecule has 0 bridgehead atoms. The van der Waals surface area contributed by atoms with Crippen molar-refractivity contribution in [2.24, 2.45) is 11.8 Å². The van der Waals surface area contributed by atoms with Crippen molar-refractivity contribution in [1.29, 1.82) is 0 Å². The highest BCUT2D eigenvalue weighted by Gasteiger charge is 2.24. The Morgan fingerprint density at radius 1 is 1.35 bits per heavy atom. The Kier molecular flexibility index (Phi) is 6.28. The van der Waals surface area contributed by atoms with Crippen molar-refractivity contribution in [1.82, 2.24) is 10.6 Å². The summed E-state index contributed by atoms with van der Waals surface area (Å²) in [4.78, 5) is 11.8. The summed E-state index contributed by atoms with van der Waals surface area (Å²) in [5, 5.41) is 6.49. The lowest BCUT2D eigenvalue weighted by atomic mass is 9.98. The van der Waals surface area contributed by atoms with Gasteiger partial charge in [0.1, 0.15) is 0 Å². The highest BCUT2D eigenvalue weighted by molar-refractivity contribution is 5.85. The number of nitrogens with one attached hydrogen (secondary N) is 2. The van der Waals surface area contributed by atoms with E-state index in [2.05, 4.69) is 17.6 Å². The molecule has 0 aromatic rings. The fourth-order valence-corrected chi connectivity index (χ4v) is 3.04. The van der Waals surface area contributed by atoms with Gasteiger partial charge in [0.2, 0.25) is 5.91 Å². The number of amides is 1. The third-order valence-corrected chi connectivity index (χ3v) is 4.13. The first kappa shape index (κ1) is 14.8. The van der Waals surface area contributed by atoms with Gasteiger partial charge in [-0.3, -0.25) is 4.79 Å². The normalized spacial score (nSPS) is 26.5. The van der Waals surface area contributed by atoms with Crippen LogP contribution >= 0.6 is 12.4 Å². The van der Waals surface area contributed by atoms with Crippen LogP contribution in [-0.2, 0) is 4.79 Å². The Hall–Kier alpha value is -0.280. The molecule has 0 spiro atoms. The molecule has 1 amide bonds. The molecule has 1 aliphatic heterocycles. The zero-order valence-corrected chi connectivity index (χ0v) is 11.5. The van der Waals surface area contributed by atoms with Crippen LogP contribution in [0.25, 0.3) is 0 Å². The SMILES string of the molecule is CC(NC(=O)CC1CCNC1)C1CCCC1.Cl. The molecule has 0 radical (unpaired) electrons. The second-order valence-electron chi connectivity index (χ2n) is 5.46. The van der Waals surface area contributed by atoms with Gasteiger partial charge in [-0.25, -0.2) is 0 Å². The largest absolute Gasteiger partial charge is 0.353 e. The van der Waals surface area contributed by atoms with Crippen LogP contribution in [0.1, 0.15) is 45.4 Å². The molecule has 0 aromatic carbocycles. The molecule has 1 aliphatic carbocycles. The maximum atomic E-state index is 11.8. The predicted molar refractivity (Wildman–Crippen MR) is 72.4 cm³/mol. The monoisotopic (exact) mass is 260 g/mol. The van der Waals surface area contributed by atoms with Crippen LogP contribution in [0, 0.1) is 11.8 Å². The molecule has 2 unspecified atom stereocenters. The lowest BCUT2D eigenvalue weighted by molar-refractivity contribution is -0.122. The zero-order chi connectivity index (χ0) is 11.4. The quantitative estimate of drug-likeness (QED) is 0.813. The van der Waals surface area contributed by atoms with Gasteiger partial charge < -0.3 is 10.6 Å². The van der Waals surface area contributed by atoms with Gasteiger partial charge in [0.25, 0.3) is 0 Å². The van der Waals surface area contributed by atoms with Crippen LogP contribution in [0.2, 0.25) is 0 Å². The molecule has 0 aromatic heterocycles. The summed E-state index contributed by atoms with van der Waals surface area (Å²) in [6.45, 7) is 4.27. The van der Waals surface area contributed by atoms with Gasteiger partial charge in [-0.15, -0.1) is 12.4 Å². The third kappa shape index (κ3) is 4.47. The first-order valence-electron chi connectivity index (χ1n) is 6.76. The Balaban J connectivity index is 0.00000144. The topological polar surface area (TPSA) is 41.1 Å². The van der Waals surface area contributed by atoms with Gasteiger partial charge in [-0.05, 0) is 51.1 Å². The van der Waals surface area contributed by atoms with E-state index in [1.165, 1.54) is 25.7 Å². The summed E-state index contributed by atoms with van der Waals surface area (Å²) in [6, 6.07) is 0.379. The number of carbonyl (C=O) groups is 1.